The van der Waals surface area contributed by atoms with Crippen molar-refractivity contribution in [2.75, 3.05) is 17.2 Å². The van der Waals surface area contributed by atoms with Crippen LogP contribution in [0.25, 0.3) is 0 Å². The van der Waals surface area contributed by atoms with E-state index in [1.54, 1.807) is 30.7 Å². The van der Waals surface area contributed by atoms with Crippen molar-refractivity contribution in [1.29, 1.82) is 0 Å². The highest BCUT2D eigenvalue weighted by molar-refractivity contribution is 7.89. The molecule has 2 aromatic heterocycles. The minimum absolute atomic E-state index is 0.105. The lowest BCUT2D eigenvalue weighted by atomic mass is 10.1. The topological polar surface area (TPSA) is 123 Å². The maximum absolute atomic E-state index is 11.2. The van der Waals surface area contributed by atoms with Crippen molar-refractivity contribution in [3.63, 3.8) is 0 Å². The standard InChI is InChI=1S/C17H19N5O3S/c18-26(23,24)15-5-3-13(4-6-15)7-9-19-17-20-10-8-16(22-17)21-12-14-2-1-11-25-14/h1-6,8,10-11H,7,9,12H2,(H2,18,23,24)(H2,19,20,21,22). The zero-order chi connectivity index (χ0) is 18.4. The van der Waals surface area contributed by atoms with Crippen LogP contribution in [0, 0.1) is 0 Å². The highest BCUT2D eigenvalue weighted by Gasteiger charge is 2.06. The number of rotatable bonds is 8. The van der Waals surface area contributed by atoms with Crippen LogP contribution in [-0.4, -0.2) is 24.9 Å². The van der Waals surface area contributed by atoms with Gasteiger partial charge in [-0.1, -0.05) is 12.1 Å². The van der Waals surface area contributed by atoms with E-state index in [2.05, 4.69) is 20.6 Å². The zero-order valence-electron chi connectivity index (χ0n) is 13.9. The molecule has 0 aliphatic rings. The van der Waals surface area contributed by atoms with E-state index in [9.17, 15) is 8.42 Å². The molecule has 9 heteroatoms. The third kappa shape index (κ3) is 5.04. The van der Waals surface area contributed by atoms with Gasteiger partial charge in [-0.05, 0) is 42.3 Å². The lowest BCUT2D eigenvalue weighted by molar-refractivity contribution is 0.518. The monoisotopic (exact) mass is 373 g/mol. The number of furan rings is 1. The van der Waals surface area contributed by atoms with Gasteiger partial charge in [0.05, 0.1) is 17.7 Å². The number of benzene rings is 1. The molecule has 8 nitrogen and oxygen atoms in total. The first kappa shape index (κ1) is 17.9. The number of hydrogen-bond acceptors (Lipinski definition) is 7. The van der Waals surface area contributed by atoms with Crippen LogP contribution in [0.2, 0.25) is 0 Å². The molecule has 0 aliphatic carbocycles. The van der Waals surface area contributed by atoms with Gasteiger partial charge in [0, 0.05) is 12.7 Å². The van der Waals surface area contributed by atoms with Crippen LogP contribution in [0.1, 0.15) is 11.3 Å². The van der Waals surface area contributed by atoms with E-state index < -0.39 is 10.0 Å². The Morgan fingerprint density at radius 1 is 1.08 bits per heavy atom. The zero-order valence-corrected chi connectivity index (χ0v) is 14.7. The van der Waals surface area contributed by atoms with Crippen LogP contribution in [0.15, 0.2) is 64.2 Å². The molecule has 0 bridgehead atoms. The van der Waals surface area contributed by atoms with Crippen LogP contribution in [0.4, 0.5) is 11.8 Å². The number of anilines is 2. The Bertz CT molecular complexity index is 941. The second kappa shape index (κ2) is 7.98. The Morgan fingerprint density at radius 2 is 1.88 bits per heavy atom. The van der Waals surface area contributed by atoms with E-state index >= 15 is 0 Å². The number of nitrogens with two attached hydrogens (primary N) is 1. The Hall–Kier alpha value is -2.91. The van der Waals surface area contributed by atoms with Gasteiger partial charge in [-0.15, -0.1) is 0 Å². The SMILES string of the molecule is NS(=O)(=O)c1ccc(CCNc2nccc(NCc3ccco3)n2)cc1. The van der Waals surface area contributed by atoms with Crippen molar-refractivity contribution in [2.24, 2.45) is 5.14 Å². The van der Waals surface area contributed by atoms with Crippen LogP contribution >= 0.6 is 0 Å². The van der Waals surface area contributed by atoms with Gasteiger partial charge in [-0.25, -0.2) is 18.5 Å². The molecule has 2 heterocycles. The number of primary sulfonamides is 1. The number of nitrogens with zero attached hydrogens (tertiary/aromatic N) is 2. The van der Waals surface area contributed by atoms with Gasteiger partial charge >= 0.3 is 0 Å². The normalized spacial score (nSPS) is 11.3. The summed E-state index contributed by atoms with van der Waals surface area (Å²) in [4.78, 5) is 8.66. The summed E-state index contributed by atoms with van der Waals surface area (Å²) in [5.74, 6) is 2.02. The Balaban J connectivity index is 1.51. The van der Waals surface area contributed by atoms with Gasteiger partial charge < -0.3 is 15.1 Å². The van der Waals surface area contributed by atoms with Crippen molar-refractivity contribution >= 4 is 21.8 Å². The van der Waals surface area contributed by atoms with Gasteiger partial charge in [0.15, 0.2) is 0 Å². The predicted octanol–water partition coefficient (Wildman–Crippen LogP) is 1.98. The number of aromatic nitrogens is 2. The van der Waals surface area contributed by atoms with Gasteiger partial charge in [0.25, 0.3) is 0 Å². The molecule has 0 saturated heterocycles. The van der Waals surface area contributed by atoms with Crippen molar-refractivity contribution in [3.05, 3.63) is 66.2 Å². The molecular weight excluding hydrogens is 354 g/mol. The molecule has 0 atom stereocenters. The molecule has 136 valence electrons. The van der Waals surface area contributed by atoms with E-state index in [-0.39, 0.29) is 4.90 Å². The average Bonchev–Trinajstić information content (AvgIpc) is 3.14. The maximum atomic E-state index is 11.2. The smallest absolute Gasteiger partial charge is 0.238 e. The third-order valence-electron chi connectivity index (χ3n) is 3.63. The summed E-state index contributed by atoms with van der Waals surface area (Å²) >= 11 is 0. The van der Waals surface area contributed by atoms with E-state index in [1.165, 1.54) is 12.1 Å². The van der Waals surface area contributed by atoms with E-state index in [0.717, 1.165) is 11.3 Å². The van der Waals surface area contributed by atoms with Crippen LogP contribution in [-0.2, 0) is 23.0 Å². The van der Waals surface area contributed by atoms with Crippen LogP contribution in [0.5, 0.6) is 0 Å². The number of nitrogens with one attached hydrogen (secondary N) is 2. The fourth-order valence-electron chi connectivity index (χ4n) is 2.30. The van der Waals surface area contributed by atoms with Gasteiger partial charge in [-0.3, -0.25) is 0 Å². The summed E-state index contributed by atoms with van der Waals surface area (Å²) in [7, 11) is -3.66. The quantitative estimate of drug-likeness (QED) is 0.551. The molecule has 3 aromatic rings. The molecule has 0 aliphatic heterocycles. The molecule has 26 heavy (non-hydrogen) atoms. The van der Waals surface area contributed by atoms with Crippen molar-refractivity contribution in [1.82, 2.24) is 9.97 Å². The van der Waals surface area contributed by atoms with Gasteiger partial charge in [0.2, 0.25) is 16.0 Å². The highest BCUT2D eigenvalue weighted by atomic mass is 32.2. The molecule has 0 amide bonds. The van der Waals surface area contributed by atoms with Crippen LogP contribution < -0.4 is 15.8 Å². The van der Waals surface area contributed by atoms with E-state index in [4.69, 9.17) is 9.56 Å². The fraction of sp³-hybridized carbons (Fsp3) is 0.176. The first-order chi connectivity index (χ1) is 12.5. The molecular formula is C17H19N5O3S. The van der Waals surface area contributed by atoms with Gasteiger partial charge in [-0.2, -0.15) is 4.98 Å². The summed E-state index contributed by atoms with van der Waals surface area (Å²) < 4.78 is 27.7. The second-order valence-corrected chi connectivity index (χ2v) is 7.13. The summed E-state index contributed by atoms with van der Waals surface area (Å²) in [6.07, 6.45) is 3.98. The Kier molecular flexibility index (Phi) is 5.49. The number of hydrogen-bond donors (Lipinski definition) is 3. The van der Waals surface area contributed by atoms with E-state index in [1.807, 2.05) is 12.1 Å². The lowest BCUT2D eigenvalue weighted by Crippen LogP contribution is -2.12. The molecule has 3 rings (SSSR count). The molecule has 0 fully saturated rings. The molecule has 1 aromatic carbocycles. The molecule has 0 unspecified atom stereocenters. The summed E-state index contributed by atoms with van der Waals surface area (Å²) in [6.45, 7) is 1.15. The first-order valence-electron chi connectivity index (χ1n) is 7.95. The third-order valence-corrected chi connectivity index (χ3v) is 4.56. The summed E-state index contributed by atoms with van der Waals surface area (Å²) in [5, 5.41) is 11.4. The fourth-order valence-corrected chi connectivity index (χ4v) is 2.81. The Morgan fingerprint density at radius 3 is 2.58 bits per heavy atom. The summed E-state index contributed by atoms with van der Waals surface area (Å²) in [6, 6.07) is 12.0. The maximum Gasteiger partial charge on any atom is 0.238 e. The minimum Gasteiger partial charge on any atom is -0.467 e. The lowest BCUT2D eigenvalue weighted by Gasteiger charge is -2.08. The predicted molar refractivity (Wildman–Crippen MR) is 98.1 cm³/mol. The van der Waals surface area contributed by atoms with Crippen molar-refractivity contribution in [2.45, 2.75) is 17.9 Å². The van der Waals surface area contributed by atoms with Crippen molar-refractivity contribution < 1.29 is 12.8 Å². The molecule has 0 saturated carbocycles. The first-order valence-corrected chi connectivity index (χ1v) is 9.50. The number of sulfonamides is 1. The largest absolute Gasteiger partial charge is 0.467 e. The summed E-state index contributed by atoms with van der Waals surface area (Å²) in [5.41, 5.74) is 0.983. The molecule has 0 spiro atoms. The van der Waals surface area contributed by atoms with Crippen molar-refractivity contribution in [3.8, 4) is 0 Å². The van der Waals surface area contributed by atoms with Gasteiger partial charge in [0.1, 0.15) is 11.6 Å². The second-order valence-electron chi connectivity index (χ2n) is 5.56. The van der Waals surface area contributed by atoms with E-state index in [0.29, 0.717) is 31.3 Å². The molecule has 0 radical (unpaired) electrons. The Labute approximate surface area is 151 Å². The minimum atomic E-state index is -3.66. The van der Waals surface area contributed by atoms with Crippen LogP contribution in [0.3, 0.4) is 0 Å². The molecule has 4 N–H and O–H groups in total. The highest BCUT2D eigenvalue weighted by Crippen LogP contribution is 2.11. The average molecular weight is 373 g/mol.